The molecule has 1 aliphatic rings. The number of nitrogens with one attached hydrogen (secondary N) is 2. The van der Waals surface area contributed by atoms with Crippen LogP contribution in [0.15, 0.2) is 35.3 Å². The molecule has 6 nitrogen and oxygen atoms in total. The number of rotatable bonds is 6. The molecular weight excluding hydrogens is 463 g/mol. The van der Waals surface area contributed by atoms with Crippen molar-refractivity contribution in [2.45, 2.75) is 33.7 Å². The topological polar surface area (TPSA) is 57.5 Å². The van der Waals surface area contributed by atoms with Crippen molar-refractivity contribution in [1.29, 1.82) is 0 Å². The van der Waals surface area contributed by atoms with Gasteiger partial charge < -0.3 is 15.5 Å². The quantitative estimate of drug-likeness (QED) is 0.367. The first kappa shape index (κ1) is 22.7. The van der Waals surface area contributed by atoms with Crippen LogP contribution in [0.1, 0.15) is 30.3 Å². The molecule has 0 radical (unpaired) electrons. The molecule has 28 heavy (non-hydrogen) atoms. The molecule has 1 atom stereocenters. The number of aliphatic imine (C=N–C) groups is 1. The standard InChI is InChI=1S/C21H32N6.HI/c1-5-26-11-10-18(15-26)13-23-21(22-4)24-14-19-8-6-7-9-20(19)27-17(3)12-16(2)25-27;/h6-9,12,18H,5,10-11,13-15H2,1-4H3,(H2,22,23,24);1H. The molecule has 2 heterocycles. The number of hydrogen-bond acceptors (Lipinski definition) is 3. The maximum atomic E-state index is 4.63. The summed E-state index contributed by atoms with van der Waals surface area (Å²) in [6, 6.07) is 10.5. The van der Waals surface area contributed by atoms with Gasteiger partial charge in [0.15, 0.2) is 5.96 Å². The van der Waals surface area contributed by atoms with Gasteiger partial charge in [-0.25, -0.2) is 4.68 Å². The minimum atomic E-state index is 0. The lowest BCUT2D eigenvalue weighted by Crippen LogP contribution is -2.40. The van der Waals surface area contributed by atoms with E-state index < -0.39 is 0 Å². The van der Waals surface area contributed by atoms with E-state index in [0.717, 1.165) is 36.1 Å². The average Bonchev–Trinajstić information content (AvgIpc) is 3.27. The average molecular weight is 496 g/mol. The summed E-state index contributed by atoms with van der Waals surface area (Å²) in [5.41, 5.74) is 4.49. The van der Waals surface area contributed by atoms with Gasteiger partial charge in [-0.1, -0.05) is 25.1 Å². The fourth-order valence-corrected chi connectivity index (χ4v) is 3.75. The summed E-state index contributed by atoms with van der Waals surface area (Å²) in [4.78, 5) is 6.89. The van der Waals surface area contributed by atoms with Gasteiger partial charge in [0.25, 0.3) is 0 Å². The lowest BCUT2D eigenvalue weighted by atomic mass is 10.1. The van der Waals surface area contributed by atoms with E-state index in [0.29, 0.717) is 12.5 Å². The number of aryl methyl sites for hydroxylation is 2. The second-order valence-electron chi connectivity index (χ2n) is 7.32. The molecule has 1 unspecified atom stereocenters. The van der Waals surface area contributed by atoms with Crippen molar-refractivity contribution in [3.63, 3.8) is 0 Å². The molecule has 0 aliphatic carbocycles. The number of guanidine groups is 1. The highest BCUT2D eigenvalue weighted by Crippen LogP contribution is 2.17. The molecule has 0 saturated carbocycles. The summed E-state index contributed by atoms with van der Waals surface area (Å²) in [7, 11) is 1.83. The molecule has 0 spiro atoms. The third kappa shape index (κ3) is 5.70. The largest absolute Gasteiger partial charge is 0.356 e. The number of halogens is 1. The van der Waals surface area contributed by atoms with Crippen LogP contribution in [0.4, 0.5) is 0 Å². The predicted octanol–water partition coefficient (Wildman–Crippen LogP) is 3.11. The highest BCUT2D eigenvalue weighted by Gasteiger charge is 2.21. The Morgan fingerprint density at radius 3 is 2.68 bits per heavy atom. The van der Waals surface area contributed by atoms with Gasteiger partial charge in [0.1, 0.15) is 0 Å². The van der Waals surface area contributed by atoms with E-state index in [4.69, 9.17) is 0 Å². The number of aromatic nitrogens is 2. The highest BCUT2D eigenvalue weighted by molar-refractivity contribution is 14.0. The summed E-state index contributed by atoms with van der Waals surface area (Å²) in [5.74, 6) is 1.55. The lowest BCUT2D eigenvalue weighted by Gasteiger charge is -2.17. The second-order valence-corrected chi connectivity index (χ2v) is 7.32. The van der Waals surface area contributed by atoms with Crippen LogP contribution >= 0.6 is 24.0 Å². The van der Waals surface area contributed by atoms with E-state index in [1.165, 1.54) is 25.1 Å². The van der Waals surface area contributed by atoms with Crippen molar-refractivity contribution >= 4 is 29.9 Å². The third-order valence-corrected chi connectivity index (χ3v) is 5.27. The van der Waals surface area contributed by atoms with Gasteiger partial charge in [0.2, 0.25) is 0 Å². The smallest absolute Gasteiger partial charge is 0.191 e. The van der Waals surface area contributed by atoms with Gasteiger partial charge in [-0.2, -0.15) is 5.10 Å². The van der Waals surface area contributed by atoms with Gasteiger partial charge in [0.05, 0.1) is 11.4 Å². The number of hydrogen-bond donors (Lipinski definition) is 2. The molecule has 2 aromatic rings. The summed E-state index contributed by atoms with van der Waals surface area (Å²) in [5, 5.41) is 11.6. The van der Waals surface area contributed by atoms with E-state index in [2.05, 4.69) is 69.8 Å². The molecule has 2 N–H and O–H groups in total. The molecule has 3 rings (SSSR count). The zero-order chi connectivity index (χ0) is 19.2. The SMILES string of the molecule is CCN1CCC(CNC(=NC)NCc2ccccc2-n2nc(C)cc2C)C1.I. The van der Waals surface area contributed by atoms with Crippen LogP contribution < -0.4 is 10.6 Å². The Balaban J connectivity index is 0.00000280. The summed E-state index contributed by atoms with van der Waals surface area (Å²) >= 11 is 0. The molecular formula is C21H33IN6. The van der Waals surface area contributed by atoms with Crippen molar-refractivity contribution in [2.24, 2.45) is 10.9 Å². The molecule has 1 saturated heterocycles. The lowest BCUT2D eigenvalue weighted by molar-refractivity contribution is 0.342. The first-order valence-electron chi connectivity index (χ1n) is 9.89. The maximum absolute atomic E-state index is 4.63. The summed E-state index contributed by atoms with van der Waals surface area (Å²) in [6.07, 6.45) is 1.26. The Morgan fingerprint density at radius 1 is 1.25 bits per heavy atom. The molecule has 0 bridgehead atoms. The van der Waals surface area contributed by atoms with E-state index in [9.17, 15) is 0 Å². The number of likely N-dealkylation sites (tertiary alicyclic amines) is 1. The van der Waals surface area contributed by atoms with Crippen molar-refractivity contribution in [3.05, 3.63) is 47.3 Å². The molecule has 1 aliphatic heterocycles. The Kier molecular flexibility index (Phi) is 8.75. The van der Waals surface area contributed by atoms with Crippen LogP contribution in [0.5, 0.6) is 0 Å². The van der Waals surface area contributed by atoms with Crippen LogP contribution in [0.2, 0.25) is 0 Å². The molecule has 0 amide bonds. The first-order valence-corrected chi connectivity index (χ1v) is 9.89. The summed E-state index contributed by atoms with van der Waals surface area (Å²) < 4.78 is 2.01. The van der Waals surface area contributed by atoms with E-state index >= 15 is 0 Å². The van der Waals surface area contributed by atoms with Crippen LogP contribution in [-0.4, -0.2) is 53.9 Å². The number of nitrogens with zero attached hydrogens (tertiary/aromatic N) is 4. The van der Waals surface area contributed by atoms with Crippen molar-refractivity contribution in [1.82, 2.24) is 25.3 Å². The van der Waals surface area contributed by atoms with Gasteiger partial charge in [-0.15, -0.1) is 24.0 Å². The highest BCUT2D eigenvalue weighted by atomic mass is 127. The maximum Gasteiger partial charge on any atom is 0.191 e. The Labute approximate surface area is 185 Å². The van der Waals surface area contributed by atoms with E-state index in [1.54, 1.807) is 0 Å². The predicted molar refractivity (Wildman–Crippen MR) is 127 cm³/mol. The van der Waals surface area contributed by atoms with Crippen molar-refractivity contribution < 1.29 is 0 Å². The minimum absolute atomic E-state index is 0. The number of benzene rings is 1. The van der Waals surface area contributed by atoms with Crippen molar-refractivity contribution in [2.75, 3.05) is 33.2 Å². The van der Waals surface area contributed by atoms with Crippen LogP contribution in [0.3, 0.4) is 0 Å². The minimum Gasteiger partial charge on any atom is -0.356 e. The van der Waals surface area contributed by atoms with E-state index in [1.807, 2.05) is 18.7 Å². The monoisotopic (exact) mass is 496 g/mol. The normalized spacial score (nSPS) is 17.4. The molecule has 154 valence electrons. The fraction of sp³-hybridized carbons (Fsp3) is 0.524. The summed E-state index contributed by atoms with van der Waals surface area (Å²) in [6.45, 7) is 11.6. The third-order valence-electron chi connectivity index (χ3n) is 5.27. The molecule has 1 aromatic heterocycles. The zero-order valence-electron chi connectivity index (χ0n) is 17.4. The Hall–Kier alpha value is -1.61. The fourth-order valence-electron chi connectivity index (χ4n) is 3.75. The van der Waals surface area contributed by atoms with Crippen LogP contribution in [0.25, 0.3) is 5.69 Å². The van der Waals surface area contributed by atoms with Gasteiger partial charge in [-0.05, 0) is 57.0 Å². The molecule has 1 aromatic carbocycles. The van der Waals surface area contributed by atoms with E-state index in [-0.39, 0.29) is 24.0 Å². The molecule has 1 fully saturated rings. The van der Waals surface area contributed by atoms with Crippen LogP contribution in [0, 0.1) is 19.8 Å². The van der Waals surface area contributed by atoms with Gasteiger partial charge >= 0.3 is 0 Å². The number of para-hydroxylation sites is 1. The molecule has 7 heteroatoms. The first-order chi connectivity index (χ1) is 13.1. The van der Waals surface area contributed by atoms with Crippen molar-refractivity contribution in [3.8, 4) is 5.69 Å². The Bertz CT molecular complexity index is 785. The second kappa shape index (κ2) is 10.8. The van der Waals surface area contributed by atoms with Crippen LogP contribution in [-0.2, 0) is 6.54 Å². The Morgan fingerprint density at radius 2 is 2.04 bits per heavy atom. The van der Waals surface area contributed by atoms with Gasteiger partial charge in [0, 0.05) is 32.4 Å². The van der Waals surface area contributed by atoms with Gasteiger partial charge in [-0.3, -0.25) is 4.99 Å². The zero-order valence-corrected chi connectivity index (χ0v) is 19.7.